The second-order valence-electron chi connectivity index (χ2n) is 8.63. The fourth-order valence-electron chi connectivity index (χ4n) is 4.54. The number of nitrogens with one attached hydrogen (secondary N) is 1. The average Bonchev–Trinajstić information content (AvgIpc) is 2.76. The first-order valence-electron chi connectivity index (χ1n) is 11.1. The molecule has 0 saturated carbocycles. The van der Waals surface area contributed by atoms with Crippen LogP contribution in [0.15, 0.2) is 66.7 Å². The van der Waals surface area contributed by atoms with Crippen molar-refractivity contribution in [3.05, 3.63) is 100 Å². The summed E-state index contributed by atoms with van der Waals surface area (Å²) in [5, 5.41) is 3.73. The summed E-state index contributed by atoms with van der Waals surface area (Å²) in [4.78, 5) is 7.29. The quantitative estimate of drug-likeness (QED) is 0.605. The number of hydrogen-bond donors (Lipinski definition) is 1. The first kappa shape index (κ1) is 20.8. The predicted octanol–water partition coefficient (Wildman–Crippen LogP) is 5.35. The molecule has 1 aliphatic heterocycles. The summed E-state index contributed by atoms with van der Waals surface area (Å²) in [5.41, 5.74) is 7.73. The molecule has 3 nitrogen and oxygen atoms in total. The van der Waals surface area contributed by atoms with Crippen LogP contribution >= 0.6 is 0 Å². The third-order valence-electron chi connectivity index (χ3n) is 6.29. The van der Waals surface area contributed by atoms with Gasteiger partial charge in [0.1, 0.15) is 0 Å². The van der Waals surface area contributed by atoms with Crippen LogP contribution in [0.4, 0.5) is 0 Å². The van der Waals surface area contributed by atoms with Crippen molar-refractivity contribution in [3.8, 4) is 0 Å². The summed E-state index contributed by atoms with van der Waals surface area (Å²) in [6.07, 6.45) is 2.33. The van der Waals surface area contributed by atoms with Crippen molar-refractivity contribution in [2.75, 3.05) is 13.1 Å². The molecule has 0 bridgehead atoms. The fourth-order valence-corrected chi connectivity index (χ4v) is 4.54. The molecule has 30 heavy (non-hydrogen) atoms. The highest BCUT2D eigenvalue weighted by molar-refractivity contribution is 5.38. The van der Waals surface area contributed by atoms with Crippen molar-refractivity contribution in [1.82, 2.24) is 15.2 Å². The third kappa shape index (κ3) is 4.97. The van der Waals surface area contributed by atoms with E-state index in [9.17, 15) is 0 Å². The van der Waals surface area contributed by atoms with E-state index in [4.69, 9.17) is 0 Å². The van der Waals surface area contributed by atoms with Gasteiger partial charge in [0.2, 0.25) is 0 Å². The van der Waals surface area contributed by atoms with E-state index >= 15 is 0 Å². The van der Waals surface area contributed by atoms with Crippen LogP contribution in [-0.4, -0.2) is 29.0 Å². The number of likely N-dealkylation sites (tertiary alicyclic amines) is 1. The number of aromatic nitrogens is 1. The van der Waals surface area contributed by atoms with Crippen LogP contribution in [-0.2, 0) is 6.54 Å². The lowest BCUT2D eigenvalue weighted by Gasteiger charge is -2.39. The van der Waals surface area contributed by atoms with E-state index in [1.165, 1.54) is 35.1 Å². The second kappa shape index (κ2) is 9.55. The number of nitrogens with zero attached hydrogens (tertiary/aromatic N) is 2. The maximum atomic E-state index is 4.62. The van der Waals surface area contributed by atoms with Crippen LogP contribution in [0, 0.1) is 20.8 Å². The van der Waals surface area contributed by atoms with E-state index in [0.717, 1.165) is 31.0 Å². The minimum atomic E-state index is 0.325. The highest BCUT2D eigenvalue weighted by Crippen LogP contribution is 2.33. The van der Waals surface area contributed by atoms with Crippen LogP contribution in [0.2, 0.25) is 0 Å². The van der Waals surface area contributed by atoms with Crippen LogP contribution < -0.4 is 5.32 Å². The van der Waals surface area contributed by atoms with Crippen molar-refractivity contribution in [3.63, 3.8) is 0 Å². The number of piperidine rings is 1. The largest absolute Gasteiger partial charge is 0.308 e. The monoisotopic (exact) mass is 399 g/mol. The van der Waals surface area contributed by atoms with Gasteiger partial charge in [-0.15, -0.1) is 0 Å². The van der Waals surface area contributed by atoms with Crippen LogP contribution in [0.5, 0.6) is 0 Å². The van der Waals surface area contributed by atoms with Crippen LogP contribution in [0.25, 0.3) is 0 Å². The van der Waals surface area contributed by atoms with Gasteiger partial charge in [-0.25, -0.2) is 0 Å². The predicted molar refractivity (Wildman–Crippen MR) is 125 cm³/mol. The van der Waals surface area contributed by atoms with Crippen molar-refractivity contribution < 1.29 is 0 Å². The molecule has 1 aromatic heterocycles. The number of hydrogen-bond acceptors (Lipinski definition) is 3. The molecule has 1 atom stereocenters. The van der Waals surface area contributed by atoms with Gasteiger partial charge in [-0.3, -0.25) is 9.88 Å². The average molecular weight is 400 g/mol. The van der Waals surface area contributed by atoms with Gasteiger partial charge in [-0.2, -0.15) is 0 Å². The first-order valence-corrected chi connectivity index (χ1v) is 11.1. The van der Waals surface area contributed by atoms with Gasteiger partial charge < -0.3 is 5.32 Å². The van der Waals surface area contributed by atoms with Crippen molar-refractivity contribution >= 4 is 0 Å². The van der Waals surface area contributed by atoms with Gasteiger partial charge in [0.05, 0.1) is 11.7 Å². The molecule has 156 valence electrons. The van der Waals surface area contributed by atoms with Crippen molar-refractivity contribution in [2.45, 2.75) is 52.2 Å². The number of aryl methyl sites for hydroxylation is 3. The number of rotatable bonds is 6. The molecular formula is C27H33N3. The Bertz CT molecular complexity index is 956. The van der Waals surface area contributed by atoms with Gasteiger partial charge in [-0.1, -0.05) is 60.2 Å². The first-order chi connectivity index (χ1) is 14.6. The summed E-state index contributed by atoms with van der Waals surface area (Å²) in [7, 11) is 0. The maximum absolute atomic E-state index is 4.62. The van der Waals surface area contributed by atoms with Gasteiger partial charge in [-0.05, 0) is 62.4 Å². The Balaban J connectivity index is 1.45. The third-order valence-corrected chi connectivity index (χ3v) is 6.29. The second-order valence-corrected chi connectivity index (χ2v) is 8.63. The molecule has 2 aromatic carbocycles. The maximum Gasteiger partial charge on any atom is 0.0604 e. The minimum absolute atomic E-state index is 0.325. The van der Waals surface area contributed by atoms with Gasteiger partial charge in [0.15, 0.2) is 0 Å². The van der Waals surface area contributed by atoms with E-state index < -0.39 is 0 Å². The zero-order chi connectivity index (χ0) is 20.9. The summed E-state index contributed by atoms with van der Waals surface area (Å²) in [6, 6.07) is 25.1. The molecule has 1 saturated heterocycles. The van der Waals surface area contributed by atoms with Gasteiger partial charge in [0.25, 0.3) is 0 Å². The summed E-state index contributed by atoms with van der Waals surface area (Å²) < 4.78 is 0. The highest BCUT2D eigenvalue weighted by atomic mass is 15.2. The molecule has 2 heterocycles. The normalized spacial score (nSPS) is 16.5. The smallest absolute Gasteiger partial charge is 0.0604 e. The van der Waals surface area contributed by atoms with Crippen molar-refractivity contribution in [1.29, 1.82) is 0 Å². The molecule has 0 spiro atoms. The Morgan fingerprint density at radius 1 is 0.900 bits per heavy atom. The standard InChI is InChI=1S/C27H33N3/c1-20-11-13-23(14-12-20)27(26-10-5-4-7-21(26)2)30-17-15-24(16-18-30)28-19-25-9-6-8-22(3)29-25/h4-14,24,27-28H,15-19H2,1-3H3. The Labute approximate surface area is 181 Å². The Morgan fingerprint density at radius 2 is 1.63 bits per heavy atom. The van der Waals surface area contributed by atoms with E-state index in [-0.39, 0.29) is 0 Å². The van der Waals surface area contributed by atoms with E-state index in [1.807, 2.05) is 0 Å². The van der Waals surface area contributed by atoms with Gasteiger partial charge in [0, 0.05) is 31.4 Å². The van der Waals surface area contributed by atoms with Gasteiger partial charge >= 0.3 is 0 Å². The zero-order valence-corrected chi connectivity index (χ0v) is 18.4. The summed E-state index contributed by atoms with van der Waals surface area (Å²) >= 11 is 0. The number of pyridine rings is 1. The van der Waals surface area contributed by atoms with Crippen LogP contribution in [0.1, 0.15) is 52.5 Å². The fraction of sp³-hybridized carbons (Fsp3) is 0.370. The van der Waals surface area contributed by atoms with E-state index in [0.29, 0.717) is 12.1 Å². The Hall–Kier alpha value is -2.49. The lowest BCUT2D eigenvalue weighted by molar-refractivity contribution is 0.162. The SMILES string of the molecule is Cc1ccc(C(c2ccccc2C)N2CCC(NCc3cccc(C)n3)CC2)cc1. The molecule has 1 N–H and O–H groups in total. The minimum Gasteiger partial charge on any atom is -0.308 e. The molecule has 3 aromatic rings. The summed E-state index contributed by atoms with van der Waals surface area (Å²) in [6.45, 7) is 9.51. The Morgan fingerprint density at radius 3 is 2.33 bits per heavy atom. The molecule has 1 fully saturated rings. The molecule has 0 amide bonds. The zero-order valence-electron chi connectivity index (χ0n) is 18.4. The lowest BCUT2D eigenvalue weighted by atomic mass is 9.91. The number of benzene rings is 2. The molecule has 1 aliphatic rings. The molecule has 1 unspecified atom stereocenters. The lowest BCUT2D eigenvalue weighted by Crippen LogP contribution is -2.44. The highest BCUT2D eigenvalue weighted by Gasteiger charge is 2.28. The molecule has 0 radical (unpaired) electrons. The Kier molecular flexibility index (Phi) is 6.61. The molecule has 0 aliphatic carbocycles. The molecular weight excluding hydrogens is 366 g/mol. The molecule has 4 rings (SSSR count). The van der Waals surface area contributed by atoms with E-state index in [1.54, 1.807) is 0 Å². The van der Waals surface area contributed by atoms with Crippen LogP contribution in [0.3, 0.4) is 0 Å². The summed E-state index contributed by atoms with van der Waals surface area (Å²) in [5.74, 6) is 0. The molecule has 3 heteroatoms. The van der Waals surface area contributed by atoms with E-state index in [2.05, 4.69) is 103 Å². The topological polar surface area (TPSA) is 28.2 Å². The van der Waals surface area contributed by atoms with Crippen molar-refractivity contribution in [2.24, 2.45) is 0 Å².